The third-order valence-corrected chi connectivity index (χ3v) is 3.16. The van der Waals surface area contributed by atoms with Crippen molar-refractivity contribution in [3.05, 3.63) is 35.1 Å². The second-order valence-electron chi connectivity index (χ2n) is 5.23. The zero-order chi connectivity index (χ0) is 17.1. The van der Waals surface area contributed by atoms with E-state index < -0.39 is 36.7 Å². The first-order valence-electron chi connectivity index (χ1n) is 6.56. The highest BCUT2D eigenvalue weighted by Crippen LogP contribution is 2.33. The van der Waals surface area contributed by atoms with E-state index >= 15 is 0 Å². The summed E-state index contributed by atoms with van der Waals surface area (Å²) in [5.41, 5.74) is -1.41. The van der Waals surface area contributed by atoms with Crippen molar-refractivity contribution in [3.8, 4) is 0 Å². The highest BCUT2D eigenvalue weighted by Gasteiger charge is 2.35. The Kier molecular flexibility index (Phi) is 5.83. The maximum atomic E-state index is 13.0. The van der Waals surface area contributed by atoms with Crippen molar-refractivity contribution in [1.82, 2.24) is 4.90 Å². The Morgan fingerprint density at radius 2 is 1.64 bits per heavy atom. The van der Waals surface area contributed by atoms with Crippen LogP contribution in [0.3, 0.4) is 0 Å². The van der Waals surface area contributed by atoms with Gasteiger partial charge in [-0.25, -0.2) is 4.39 Å². The normalized spacial score (nSPS) is 13.2. The lowest BCUT2D eigenvalue weighted by molar-refractivity contribution is -0.142. The molecule has 126 valence electrons. The number of rotatable bonds is 5. The van der Waals surface area contributed by atoms with Gasteiger partial charge >= 0.3 is 12.4 Å². The molecule has 0 aliphatic carbocycles. The molecule has 0 fully saturated rings. The largest absolute Gasteiger partial charge is 0.416 e. The molecule has 0 unspecified atom stereocenters. The SMILES string of the molecule is CC(C)N(CCC(F)(F)F)Cc1ccc(F)cc1C(F)(F)F. The van der Waals surface area contributed by atoms with Gasteiger partial charge in [-0.1, -0.05) is 6.07 Å². The van der Waals surface area contributed by atoms with Gasteiger partial charge in [-0.3, -0.25) is 4.90 Å². The van der Waals surface area contributed by atoms with Gasteiger partial charge in [-0.05, 0) is 31.5 Å². The summed E-state index contributed by atoms with van der Waals surface area (Å²) in [6, 6.07) is 1.81. The van der Waals surface area contributed by atoms with Crippen LogP contribution in [0, 0.1) is 5.82 Å². The molecule has 0 aliphatic heterocycles. The van der Waals surface area contributed by atoms with Crippen LogP contribution in [-0.2, 0) is 12.7 Å². The standard InChI is InChI=1S/C14H16F7N/c1-9(2)22(6-5-13(16,17)18)8-10-3-4-11(15)7-12(10)14(19,20)21/h3-4,7,9H,5-6,8H2,1-2H3. The summed E-state index contributed by atoms with van der Waals surface area (Å²) in [7, 11) is 0. The molecule has 0 spiro atoms. The van der Waals surface area contributed by atoms with Crippen molar-refractivity contribution in [3.63, 3.8) is 0 Å². The lowest BCUT2D eigenvalue weighted by Crippen LogP contribution is -2.34. The van der Waals surface area contributed by atoms with Crippen molar-refractivity contribution >= 4 is 0 Å². The van der Waals surface area contributed by atoms with Crippen LogP contribution in [0.4, 0.5) is 30.7 Å². The monoisotopic (exact) mass is 331 g/mol. The molecule has 0 aliphatic rings. The Labute approximate surface area is 123 Å². The molecule has 0 saturated heterocycles. The van der Waals surface area contributed by atoms with E-state index in [0.29, 0.717) is 6.07 Å². The van der Waals surface area contributed by atoms with Gasteiger partial charge in [0, 0.05) is 19.1 Å². The second-order valence-corrected chi connectivity index (χ2v) is 5.23. The number of alkyl halides is 6. The number of benzene rings is 1. The van der Waals surface area contributed by atoms with Crippen LogP contribution in [0.15, 0.2) is 18.2 Å². The minimum atomic E-state index is -4.76. The van der Waals surface area contributed by atoms with Crippen LogP contribution in [0.25, 0.3) is 0 Å². The van der Waals surface area contributed by atoms with Crippen LogP contribution in [-0.4, -0.2) is 23.7 Å². The minimum absolute atomic E-state index is 0.246. The van der Waals surface area contributed by atoms with Gasteiger partial charge in [0.1, 0.15) is 5.82 Å². The molecule has 1 aromatic carbocycles. The first kappa shape index (κ1) is 18.7. The molecule has 0 amide bonds. The van der Waals surface area contributed by atoms with E-state index in [4.69, 9.17) is 0 Å². The summed E-state index contributed by atoms with van der Waals surface area (Å²) in [6.07, 6.45) is -10.3. The van der Waals surface area contributed by atoms with Crippen molar-refractivity contribution in [2.45, 2.75) is 45.2 Å². The molecule has 0 atom stereocenters. The third kappa shape index (κ3) is 5.82. The van der Waals surface area contributed by atoms with Crippen molar-refractivity contribution in [2.24, 2.45) is 0 Å². The average Bonchev–Trinajstić information content (AvgIpc) is 2.33. The van der Waals surface area contributed by atoms with E-state index in [1.807, 2.05) is 0 Å². The molecule has 0 bridgehead atoms. The Morgan fingerprint density at radius 1 is 1.05 bits per heavy atom. The topological polar surface area (TPSA) is 3.24 Å². The molecule has 1 rings (SSSR count). The quantitative estimate of drug-likeness (QED) is 0.686. The third-order valence-electron chi connectivity index (χ3n) is 3.16. The zero-order valence-electron chi connectivity index (χ0n) is 12.0. The van der Waals surface area contributed by atoms with Gasteiger partial charge in [-0.15, -0.1) is 0 Å². The van der Waals surface area contributed by atoms with Crippen LogP contribution in [0.1, 0.15) is 31.4 Å². The van der Waals surface area contributed by atoms with Crippen LogP contribution < -0.4 is 0 Å². The fourth-order valence-corrected chi connectivity index (χ4v) is 1.96. The summed E-state index contributed by atoms with van der Waals surface area (Å²) in [5, 5.41) is 0. The van der Waals surface area contributed by atoms with Gasteiger partial charge in [0.2, 0.25) is 0 Å². The summed E-state index contributed by atoms with van der Waals surface area (Å²) in [6.45, 7) is 2.43. The molecule has 22 heavy (non-hydrogen) atoms. The Hall–Kier alpha value is -1.31. The van der Waals surface area contributed by atoms with E-state index in [2.05, 4.69) is 0 Å². The number of nitrogens with zero attached hydrogens (tertiary/aromatic N) is 1. The zero-order valence-corrected chi connectivity index (χ0v) is 12.0. The van der Waals surface area contributed by atoms with Crippen LogP contribution in [0.5, 0.6) is 0 Å². The van der Waals surface area contributed by atoms with Gasteiger partial charge in [0.25, 0.3) is 0 Å². The first-order chi connectivity index (χ1) is 9.90. The summed E-state index contributed by atoms with van der Waals surface area (Å²) < 4.78 is 88.5. The van der Waals surface area contributed by atoms with Crippen molar-refractivity contribution < 1.29 is 30.7 Å². The second kappa shape index (κ2) is 6.85. The molecule has 0 aromatic heterocycles. The average molecular weight is 331 g/mol. The minimum Gasteiger partial charge on any atom is -0.296 e. The van der Waals surface area contributed by atoms with E-state index in [1.54, 1.807) is 13.8 Å². The molecule has 0 heterocycles. The van der Waals surface area contributed by atoms with Crippen LogP contribution >= 0.6 is 0 Å². The lowest BCUT2D eigenvalue weighted by Gasteiger charge is -2.28. The Bertz CT molecular complexity index is 491. The van der Waals surface area contributed by atoms with Gasteiger partial charge < -0.3 is 0 Å². The fraction of sp³-hybridized carbons (Fsp3) is 0.571. The molecular formula is C14H16F7N. The maximum Gasteiger partial charge on any atom is 0.416 e. The van der Waals surface area contributed by atoms with E-state index in [1.165, 1.54) is 4.90 Å². The molecule has 1 nitrogen and oxygen atoms in total. The number of hydrogen-bond acceptors (Lipinski definition) is 1. The highest BCUT2D eigenvalue weighted by atomic mass is 19.4. The number of hydrogen-bond donors (Lipinski definition) is 0. The molecule has 8 heteroatoms. The molecule has 0 radical (unpaired) electrons. The Balaban J connectivity index is 2.99. The summed E-state index contributed by atoms with van der Waals surface area (Å²) in [4.78, 5) is 1.27. The van der Waals surface area contributed by atoms with E-state index in [0.717, 1.165) is 12.1 Å². The van der Waals surface area contributed by atoms with Crippen molar-refractivity contribution in [2.75, 3.05) is 6.54 Å². The summed E-state index contributed by atoms with van der Waals surface area (Å²) in [5.74, 6) is -1.04. The van der Waals surface area contributed by atoms with E-state index in [-0.39, 0.29) is 18.2 Å². The van der Waals surface area contributed by atoms with Gasteiger partial charge in [0.05, 0.1) is 12.0 Å². The smallest absolute Gasteiger partial charge is 0.296 e. The predicted octanol–water partition coefficient (Wildman–Crippen LogP) is 5.01. The van der Waals surface area contributed by atoms with E-state index in [9.17, 15) is 30.7 Å². The van der Waals surface area contributed by atoms with Gasteiger partial charge in [0.15, 0.2) is 0 Å². The van der Waals surface area contributed by atoms with Gasteiger partial charge in [-0.2, -0.15) is 26.3 Å². The number of halogens is 7. The lowest BCUT2D eigenvalue weighted by atomic mass is 10.1. The van der Waals surface area contributed by atoms with Crippen LogP contribution in [0.2, 0.25) is 0 Å². The summed E-state index contributed by atoms with van der Waals surface area (Å²) >= 11 is 0. The first-order valence-corrected chi connectivity index (χ1v) is 6.56. The molecule has 0 saturated carbocycles. The molecule has 0 N–H and O–H groups in total. The maximum absolute atomic E-state index is 13.0. The fourth-order valence-electron chi connectivity index (χ4n) is 1.96. The highest BCUT2D eigenvalue weighted by molar-refractivity contribution is 5.30. The molecular weight excluding hydrogens is 315 g/mol. The van der Waals surface area contributed by atoms with Crippen molar-refractivity contribution in [1.29, 1.82) is 0 Å². The Morgan fingerprint density at radius 3 is 2.09 bits per heavy atom. The molecule has 1 aromatic rings. The predicted molar refractivity (Wildman–Crippen MR) is 67.6 cm³/mol.